The molecule has 0 aromatic rings. The normalized spacial score (nSPS) is 14.3. The maximum absolute atomic E-state index is 13.0. The van der Waals surface area contributed by atoms with Crippen molar-refractivity contribution in [2.75, 3.05) is 39.6 Å². The van der Waals surface area contributed by atoms with Gasteiger partial charge in [-0.3, -0.25) is 37.3 Å². The number of rotatable bonds is 66. The molecule has 0 radical (unpaired) electrons. The van der Waals surface area contributed by atoms with E-state index in [9.17, 15) is 43.2 Å². The molecule has 0 bridgehead atoms. The highest BCUT2D eigenvalue weighted by Gasteiger charge is 2.30. The predicted octanol–water partition coefficient (Wildman–Crippen LogP) is 19.3. The van der Waals surface area contributed by atoms with Crippen molar-refractivity contribution in [1.82, 2.24) is 0 Å². The van der Waals surface area contributed by atoms with Crippen molar-refractivity contribution in [2.24, 2.45) is 23.7 Å². The average molecular weight is 1300 g/mol. The molecule has 0 rings (SSSR count). The van der Waals surface area contributed by atoms with E-state index in [0.29, 0.717) is 31.6 Å². The van der Waals surface area contributed by atoms with Gasteiger partial charge in [0.1, 0.15) is 19.3 Å². The van der Waals surface area contributed by atoms with Crippen LogP contribution in [0.3, 0.4) is 0 Å². The summed E-state index contributed by atoms with van der Waals surface area (Å²) in [5.74, 6) is 0.812. The maximum atomic E-state index is 13.0. The highest BCUT2D eigenvalue weighted by molar-refractivity contribution is 7.47. The number of carbonyl (C=O) groups is 4. The van der Waals surface area contributed by atoms with Crippen molar-refractivity contribution < 1.29 is 80.2 Å². The number of esters is 4. The average Bonchev–Trinajstić information content (AvgIpc) is 3.48. The number of hydrogen-bond acceptors (Lipinski definition) is 15. The van der Waals surface area contributed by atoms with Gasteiger partial charge in [-0.25, -0.2) is 9.13 Å². The topological polar surface area (TPSA) is 237 Å². The summed E-state index contributed by atoms with van der Waals surface area (Å²) in [5.41, 5.74) is 0. The highest BCUT2D eigenvalue weighted by Crippen LogP contribution is 2.45. The molecule has 522 valence electrons. The lowest BCUT2D eigenvalue weighted by Gasteiger charge is -2.21. The van der Waals surface area contributed by atoms with E-state index in [2.05, 4.69) is 55.4 Å². The van der Waals surface area contributed by atoms with Gasteiger partial charge < -0.3 is 33.8 Å². The van der Waals surface area contributed by atoms with Crippen LogP contribution in [-0.4, -0.2) is 96.7 Å². The van der Waals surface area contributed by atoms with Crippen molar-refractivity contribution in [3.63, 3.8) is 0 Å². The minimum absolute atomic E-state index is 0.102. The smallest absolute Gasteiger partial charge is 0.462 e. The molecule has 0 aromatic heterocycles. The summed E-state index contributed by atoms with van der Waals surface area (Å²) in [4.78, 5) is 72.5. The fourth-order valence-corrected chi connectivity index (χ4v) is 11.9. The number of unbranched alkanes of at least 4 members (excludes halogenated alkanes) is 32. The minimum Gasteiger partial charge on any atom is -0.462 e. The molecule has 0 saturated heterocycles. The van der Waals surface area contributed by atoms with Gasteiger partial charge in [-0.15, -0.1) is 0 Å². The van der Waals surface area contributed by atoms with Gasteiger partial charge in [-0.2, -0.15) is 0 Å². The number of carbonyl (C=O) groups excluding carboxylic acids is 4. The Morgan fingerprint density at radius 1 is 0.284 bits per heavy atom. The van der Waals surface area contributed by atoms with Gasteiger partial charge in [0, 0.05) is 25.7 Å². The van der Waals surface area contributed by atoms with E-state index in [1.165, 1.54) is 141 Å². The van der Waals surface area contributed by atoms with Crippen molar-refractivity contribution >= 4 is 39.5 Å². The van der Waals surface area contributed by atoms with Gasteiger partial charge in [-0.1, -0.05) is 287 Å². The fourth-order valence-electron chi connectivity index (χ4n) is 10.3. The Balaban J connectivity index is 5.25. The first-order valence-electron chi connectivity index (χ1n) is 35.7. The molecule has 0 amide bonds. The first-order chi connectivity index (χ1) is 42.1. The second-order valence-corrected chi connectivity index (χ2v) is 29.7. The Hall–Kier alpha value is -1.94. The van der Waals surface area contributed by atoms with Crippen molar-refractivity contribution in [3.8, 4) is 0 Å². The Morgan fingerprint density at radius 3 is 0.705 bits per heavy atom. The zero-order valence-electron chi connectivity index (χ0n) is 57.3. The van der Waals surface area contributed by atoms with Crippen LogP contribution in [0.1, 0.15) is 338 Å². The third kappa shape index (κ3) is 62.8. The zero-order chi connectivity index (χ0) is 65.4. The first kappa shape index (κ1) is 86.1. The molecule has 3 unspecified atom stereocenters. The summed E-state index contributed by atoms with van der Waals surface area (Å²) >= 11 is 0. The molecular formula is C69H134O17P2. The zero-order valence-corrected chi connectivity index (χ0v) is 59.1. The van der Waals surface area contributed by atoms with Gasteiger partial charge in [0.15, 0.2) is 12.2 Å². The highest BCUT2D eigenvalue weighted by atomic mass is 31.2. The predicted molar refractivity (Wildman–Crippen MR) is 354 cm³/mol. The SMILES string of the molecule is CC(C)CCCCCCCCCCCCCC(=O)OC[C@H](COP(=O)(O)OCC(O)COP(=O)(O)OC[C@@H](COC(=O)CCCCCCCCCCC(C)C)OC(=O)CCCCCCCCCC(C)C)OC(=O)CCCCCCCCCCCCC(C)C. The van der Waals surface area contributed by atoms with Crippen molar-refractivity contribution in [3.05, 3.63) is 0 Å². The molecule has 0 aliphatic rings. The van der Waals surface area contributed by atoms with E-state index in [4.69, 9.17) is 37.0 Å². The summed E-state index contributed by atoms with van der Waals surface area (Å²) in [6.07, 6.45) is 40.4. The van der Waals surface area contributed by atoms with Gasteiger partial charge in [0.05, 0.1) is 26.4 Å². The molecule has 0 aliphatic heterocycles. The number of phosphoric acid groups is 2. The van der Waals surface area contributed by atoms with Crippen LogP contribution in [0.4, 0.5) is 0 Å². The van der Waals surface area contributed by atoms with Crippen LogP contribution in [0.2, 0.25) is 0 Å². The standard InChI is InChI=1S/C69H134O17P2/c1-59(2)45-37-29-21-14-10-9-11-16-25-33-41-49-66(71)79-55-64(85-68(73)51-43-35-27-17-13-12-15-22-30-38-46-60(3)4)57-83-87(75,76)81-53-63(70)54-82-88(77,78)84-58-65(86-69(74)52-44-36-28-20-24-32-40-48-62(7)8)56-80-67(72)50-42-34-26-19-18-23-31-39-47-61(5)6/h59-65,70H,9-58H2,1-8H3,(H,75,76)(H,77,78)/t63?,64-,65-/m1/s1. The summed E-state index contributed by atoms with van der Waals surface area (Å²) < 4.78 is 68.2. The van der Waals surface area contributed by atoms with Crippen molar-refractivity contribution in [2.45, 2.75) is 356 Å². The second kappa shape index (κ2) is 58.8. The summed E-state index contributed by atoms with van der Waals surface area (Å²) in [6.45, 7) is 14.0. The third-order valence-electron chi connectivity index (χ3n) is 15.8. The van der Waals surface area contributed by atoms with Gasteiger partial charge in [0.2, 0.25) is 0 Å². The lowest BCUT2D eigenvalue weighted by molar-refractivity contribution is -0.161. The molecule has 0 aromatic carbocycles. The van der Waals surface area contributed by atoms with Crippen LogP contribution in [-0.2, 0) is 65.4 Å². The molecule has 0 fully saturated rings. The molecule has 19 heteroatoms. The largest absolute Gasteiger partial charge is 0.472 e. The Labute approximate surface area is 537 Å². The quantitative estimate of drug-likeness (QED) is 0.0222. The number of phosphoric ester groups is 2. The Morgan fingerprint density at radius 2 is 0.477 bits per heavy atom. The Bertz CT molecular complexity index is 1750. The van der Waals surface area contributed by atoms with Gasteiger partial charge >= 0.3 is 39.5 Å². The number of ether oxygens (including phenoxy) is 4. The summed E-state index contributed by atoms with van der Waals surface area (Å²) in [5, 5.41) is 10.6. The molecule has 0 saturated carbocycles. The molecule has 0 heterocycles. The molecule has 5 atom stereocenters. The van der Waals surface area contributed by atoms with Gasteiger partial charge in [0.25, 0.3) is 0 Å². The Kier molecular flexibility index (Phi) is 57.6. The van der Waals surface area contributed by atoms with E-state index in [-0.39, 0.29) is 25.7 Å². The van der Waals surface area contributed by atoms with Crippen LogP contribution in [0.5, 0.6) is 0 Å². The van der Waals surface area contributed by atoms with Gasteiger partial charge in [-0.05, 0) is 49.4 Å². The number of aliphatic hydroxyl groups excluding tert-OH is 1. The molecule has 88 heavy (non-hydrogen) atoms. The van der Waals surface area contributed by atoms with E-state index in [1.807, 2.05) is 0 Å². The van der Waals surface area contributed by atoms with E-state index in [0.717, 1.165) is 108 Å². The molecular weight excluding hydrogens is 1160 g/mol. The third-order valence-corrected chi connectivity index (χ3v) is 17.7. The minimum atomic E-state index is -4.95. The van der Waals surface area contributed by atoms with Crippen molar-refractivity contribution in [1.29, 1.82) is 0 Å². The lowest BCUT2D eigenvalue weighted by Crippen LogP contribution is -2.30. The lowest BCUT2D eigenvalue weighted by atomic mass is 10.0. The van der Waals surface area contributed by atoms with Crippen LogP contribution in [0.15, 0.2) is 0 Å². The van der Waals surface area contributed by atoms with Crippen LogP contribution in [0.25, 0.3) is 0 Å². The monoisotopic (exact) mass is 1300 g/mol. The molecule has 17 nitrogen and oxygen atoms in total. The summed E-state index contributed by atoms with van der Waals surface area (Å²) in [6, 6.07) is 0. The van der Waals surface area contributed by atoms with Crippen LogP contribution in [0, 0.1) is 23.7 Å². The van der Waals surface area contributed by atoms with Crippen LogP contribution < -0.4 is 0 Å². The number of hydrogen-bond donors (Lipinski definition) is 3. The first-order valence-corrected chi connectivity index (χ1v) is 38.7. The van der Waals surface area contributed by atoms with E-state index in [1.54, 1.807) is 0 Å². The maximum Gasteiger partial charge on any atom is 0.472 e. The fraction of sp³-hybridized carbons (Fsp3) is 0.942. The molecule has 0 spiro atoms. The second-order valence-electron chi connectivity index (χ2n) is 26.8. The molecule has 3 N–H and O–H groups in total. The van der Waals surface area contributed by atoms with E-state index >= 15 is 0 Å². The van der Waals surface area contributed by atoms with Crippen LogP contribution >= 0.6 is 15.6 Å². The summed E-state index contributed by atoms with van der Waals surface area (Å²) in [7, 11) is -9.90. The van der Waals surface area contributed by atoms with E-state index < -0.39 is 97.5 Å². The number of aliphatic hydroxyl groups is 1. The molecule has 0 aliphatic carbocycles.